The highest BCUT2D eigenvalue weighted by Gasteiger charge is 2.29. The maximum Gasteiger partial charge on any atom is 0.416 e. The van der Waals surface area contributed by atoms with Gasteiger partial charge in [-0.05, 0) is 46.9 Å². The van der Waals surface area contributed by atoms with E-state index in [0.29, 0.717) is 23.5 Å². The lowest BCUT2D eigenvalue weighted by Gasteiger charge is -2.06. The standard InChI is InChI=1S/C18H15F3N2O2S/c1-25-15-8-4-13(5-9-15)11-23-17(24)22-16(26-23)10-12-2-6-14(7-3-12)18(19,20)21/h2-9H,10-11H2,1H3. The van der Waals surface area contributed by atoms with Gasteiger partial charge in [0.05, 0.1) is 19.2 Å². The first-order chi connectivity index (χ1) is 12.3. The first-order valence-electron chi connectivity index (χ1n) is 7.71. The monoisotopic (exact) mass is 380 g/mol. The van der Waals surface area contributed by atoms with Crippen molar-refractivity contribution in [3.63, 3.8) is 0 Å². The van der Waals surface area contributed by atoms with Gasteiger partial charge in [-0.1, -0.05) is 24.3 Å². The van der Waals surface area contributed by atoms with Crippen LogP contribution in [-0.4, -0.2) is 16.1 Å². The second-order valence-corrected chi connectivity index (χ2v) is 6.73. The van der Waals surface area contributed by atoms with Crippen molar-refractivity contribution in [3.05, 3.63) is 80.7 Å². The fraction of sp³-hybridized carbons (Fsp3) is 0.222. The molecule has 0 spiro atoms. The zero-order chi connectivity index (χ0) is 18.7. The van der Waals surface area contributed by atoms with E-state index in [1.165, 1.54) is 27.6 Å². The number of ether oxygens (including phenoxy) is 1. The molecule has 1 heterocycles. The lowest BCUT2D eigenvalue weighted by molar-refractivity contribution is -0.137. The molecule has 0 bridgehead atoms. The molecule has 3 rings (SSSR count). The van der Waals surface area contributed by atoms with Crippen LogP contribution in [0.4, 0.5) is 13.2 Å². The van der Waals surface area contributed by atoms with Crippen LogP contribution in [-0.2, 0) is 19.1 Å². The molecule has 0 unspecified atom stereocenters. The number of aromatic nitrogens is 2. The Hall–Kier alpha value is -2.61. The molecule has 0 radical (unpaired) electrons. The van der Waals surface area contributed by atoms with Crippen LogP contribution >= 0.6 is 11.5 Å². The molecule has 0 saturated carbocycles. The second kappa shape index (κ2) is 7.33. The van der Waals surface area contributed by atoms with Crippen molar-refractivity contribution in [2.45, 2.75) is 19.1 Å². The van der Waals surface area contributed by atoms with Gasteiger partial charge in [-0.2, -0.15) is 18.2 Å². The van der Waals surface area contributed by atoms with Crippen molar-refractivity contribution in [1.29, 1.82) is 0 Å². The molecule has 1 aromatic heterocycles. The fourth-order valence-electron chi connectivity index (χ4n) is 2.40. The molecular formula is C18H15F3N2O2S. The van der Waals surface area contributed by atoms with E-state index in [1.54, 1.807) is 7.11 Å². The molecule has 0 fully saturated rings. The van der Waals surface area contributed by atoms with Gasteiger partial charge in [-0.3, -0.25) is 0 Å². The maximum atomic E-state index is 12.6. The Bertz CT molecular complexity index is 929. The summed E-state index contributed by atoms with van der Waals surface area (Å²) in [6.45, 7) is 0.382. The molecular weight excluding hydrogens is 365 g/mol. The van der Waals surface area contributed by atoms with Gasteiger partial charge in [0.1, 0.15) is 10.8 Å². The Balaban J connectivity index is 1.72. The highest BCUT2D eigenvalue weighted by atomic mass is 32.1. The third kappa shape index (κ3) is 4.32. The predicted octanol–water partition coefficient (Wildman–Crippen LogP) is 3.97. The Labute approximate surface area is 151 Å². The highest BCUT2D eigenvalue weighted by molar-refractivity contribution is 7.06. The van der Waals surface area contributed by atoms with E-state index in [0.717, 1.165) is 23.4 Å². The molecule has 0 saturated heterocycles. The van der Waals surface area contributed by atoms with E-state index in [2.05, 4.69) is 4.98 Å². The highest BCUT2D eigenvalue weighted by Crippen LogP contribution is 2.29. The lowest BCUT2D eigenvalue weighted by atomic mass is 10.1. The molecule has 136 valence electrons. The Morgan fingerprint density at radius 3 is 2.23 bits per heavy atom. The molecule has 0 aliphatic carbocycles. The van der Waals surface area contributed by atoms with E-state index in [4.69, 9.17) is 4.74 Å². The van der Waals surface area contributed by atoms with Crippen molar-refractivity contribution in [2.75, 3.05) is 7.11 Å². The smallest absolute Gasteiger partial charge is 0.416 e. The molecule has 8 heteroatoms. The van der Waals surface area contributed by atoms with Crippen molar-refractivity contribution in [3.8, 4) is 5.75 Å². The molecule has 0 aliphatic heterocycles. The number of hydrogen-bond donors (Lipinski definition) is 0. The first kappa shape index (κ1) is 18.2. The Morgan fingerprint density at radius 1 is 1.04 bits per heavy atom. The molecule has 0 N–H and O–H groups in total. The zero-order valence-corrected chi connectivity index (χ0v) is 14.6. The number of methoxy groups -OCH3 is 1. The SMILES string of the molecule is COc1ccc(Cn2sc(Cc3ccc(C(F)(F)F)cc3)nc2=O)cc1. The zero-order valence-electron chi connectivity index (χ0n) is 13.8. The van der Waals surface area contributed by atoms with Crippen LogP contribution in [0, 0.1) is 0 Å². The summed E-state index contributed by atoms with van der Waals surface area (Å²) >= 11 is 1.21. The first-order valence-corrected chi connectivity index (χ1v) is 8.48. The fourth-order valence-corrected chi connectivity index (χ4v) is 3.34. The maximum absolute atomic E-state index is 12.6. The van der Waals surface area contributed by atoms with Gasteiger partial charge in [0.2, 0.25) is 0 Å². The number of hydrogen-bond acceptors (Lipinski definition) is 4. The second-order valence-electron chi connectivity index (χ2n) is 5.64. The summed E-state index contributed by atoms with van der Waals surface area (Å²) in [5, 5.41) is 0.559. The van der Waals surface area contributed by atoms with Gasteiger partial charge in [-0.15, -0.1) is 0 Å². The normalized spacial score (nSPS) is 11.5. The van der Waals surface area contributed by atoms with Gasteiger partial charge in [0, 0.05) is 6.42 Å². The number of halogens is 3. The molecule has 26 heavy (non-hydrogen) atoms. The van der Waals surface area contributed by atoms with Gasteiger partial charge in [-0.25, -0.2) is 8.75 Å². The molecule has 0 aliphatic rings. The summed E-state index contributed by atoms with van der Waals surface area (Å²) in [6.07, 6.45) is -4.04. The summed E-state index contributed by atoms with van der Waals surface area (Å²) in [5.41, 5.74) is 0.535. The summed E-state index contributed by atoms with van der Waals surface area (Å²) in [5.74, 6) is 0.730. The van der Waals surface area contributed by atoms with E-state index >= 15 is 0 Å². The van der Waals surface area contributed by atoms with Crippen molar-refractivity contribution in [1.82, 2.24) is 8.94 Å². The largest absolute Gasteiger partial charge is 0.497 e. The summed E-state index contributed by atoms with van der Waals surface area (Å²) in [7, 11) is 1.58. The number of benzene rings is 2. The molecule has 2 aromatic carbocycles. The summed E-state index contributed by atoms with van der Waals surface area (Å²) < 4.78 is 44.4. The molecule has 4 nitrogen and oxygen atoms in total. The van der Waals surface area contributed by atoms with Crippen LogP contribution in [0.5, 0.6) is 5.75 Å². The van der Waals surface area contributed by atoms with Crippen molar-refractivity contribution < 1.29 is 17.9 Å². The van der Waals surface area contributed by atoms with Crippen LogP contribution in [0.1, 0.15) is 21.7 Å². The molecule has 0 amide bonds. The van der Waals surface area contributed by atoms with Crippen molar-refractivity contribution >= 4 is 11.5 Å². The van der Waals surface area contributed by atoms with E-state index in [-0.39, 0.29) is 5.69 Å². The minimum absolute atomic E-state index is 0.313. The Morgan fingerprint density at radius 2 is 1.65 bits per heavy atom. The van der Waals surface area contributed by atoms with Gasteiger partial charge < -0.3 is 4.74 Å². The topological polar surface area (TPSA) is 44.1 Å². The molecule has 3 aromatic rings. The van der Waals surface area contributed by atoms with Crippen LogP contribution in [0.3, 0.4) is 0 Å². The summed E-state index contributed by atoms with van der Waals surface area (Å²) in [4.78, 5) is 16.0. The quantitative estimate of drug-likeness (QED) is 0.673. The van der Waals surface area contributed by atoms with E-state index < -0.39 is 11.7 Å². The van der Waals surface area contributed by atoms with Gasteiger partial charge in [0.15, 0.2) is 0 Å². The number of rotatable bonds is 5. The van der Waals surface area contributed by atoms with Crippen molar-refractivity contribution in [2.24, 2.45) is 0 Å². The molecule has 0 atom stereocenters. The lowest BCUT2D eigenvalue weighted by Crippen LogP contribution is -2.15. The predicted molar refractivity (Wildman–Crippen MR) is 92.7 cm³/mol. The van der Waals surface area contributed by atoms with Gasteiger partial charge >= 0.3 is 11.9 Å². The third-order valence-corrected chi connectivity index (χ3v) is 4.72. The Kier molecular flexibility index (Phi) is 5.13. The van der Waals surface area contributed by atoms with E-state index in [1.807, 2.05) is 24.3 Å². The van der Waals surface area contributed by atoms with Crippen LogP contribution < -0.4 is 10.4 Å². The third-order valence-electron chi connectivity index (χ3n) is 3.77. The van der Waals surface area contributed by atoms with Crippen LogP contribution in [0.2, 0.25) is 0 Å². The van der Waals surface area contributed by atoms with E-state index in [9.17, 15) is 18.0 Å². The van der Waals surface area contributed by atoms with Crippen LogP contribution in [0.25, 0.3) is 0 Å². The van der Waals surface area contributed by atoms with Crippen LogP contribution in [0.15, 0.2) is 53.3 Å². The average Bonchev–Trinajstić information content (AvgIpc) is 2.94. The number of alkyl halides is 3. The minimum atomic E-state index is -4.36. The number of nitrogens with zero attached hydrogens (tertiary/aromatic N) is 2. The minimum Gasteiger partial charge on any atom is -0.497 e. The average molecular weight is 380 g/mol. The van der Waals surface area contributed by atoms with Gasteiger partial charge in [0.25, 0.3) is 0 Å². The summed E-state index contributed by atoms with van der Waals surface area (Å²) in [6, 6.07) is 12.2.